The van der Waals surface area contributed by atoms with Gasteiger partial charge in [-0.1, -0.05) is 6.07 Å². The van der Waals surface area contributed by atoms with Gasteiger partial charge < -0.3 is 0 Å². The van der Waals surface area contributed by atoms with Crippen LogP contribution in [0, 0.1) is 12.7 Å². The highest BCUT2D eigenvalue weighted by molar-refractivity contribution is 6.01. The van der Waals surface area contributed by atoms with Crippen LogP contribution in [0.15, 0.2) is 61.1 Å². The van der Waals surface area contributed by atoms with E-state index in [2.05, 4.69) is 20.4 Å². The molecular weight excluding hydrogens is 333 g/mol. The van der Waals surface area contributed by atoms with Crippen LogP contribution in [0.3, 0.4) is 0 Å². The average Bonchev–Trinajstić information content (AvgIpc) is 3.04. The number of carbonyl (C=O) groups excluding carboxylic acids is 1. The number of fused-ring (bicyclic) bond motifs is 1. The fourth-order valence-electron chi connectivity index (χ4n) is 2.69. The van der Waals surface area contributed by atoms with Gasteiger partial charge in [-0.3, -0.25) is 19.9 Å². The number of benzene rings is 1. The topological polar surface area (TPSA) is 72.7 Å². The maximum absolute atomic E-state index is 13.3. The minimum atomic E-state index is -0.350. The van der Waals surface area contributed by atoms with E-state index in [1.165, 1.54) is 18.3 Å². The van der Waals surface area contributed by atoms with Crippen LogP contribution in [-0.4, -0.2) is 25.5 Å². The van der Waals surface area contributed by atoms with Crippen molar-refractivity contribution in [3.05, 3.63) is 78.1 Å². The van der Waals surface area contributed by atoms with E-state index in [0.717, 1.165) is 0 Å². The minimum Gasteiger partial charge on any atom is -0.267 e. The van der Waals surface area contributed by atoms with Crippen LogP contribution >= 0.6 is 0 Å². The van der Waals surface area contributed by atoms with Crippen molar-refractivity contribution in [2.45, 2.75) is 6.92 Å². The fourth-order valence-corrected chi connectivity index (χ4v) is 2.69. The van der Waals surface area contributed by atoms with Gasteiger partial charge in [0.15, 0.2) is 5.82 Å². The van der Waals surface area contributed by atoms with E-state index < -0.39 is 0 Å². The first kappa shape index (κ1) is 15.9. The summed E-state index contributed by atoms with van der Waals surface area (Å²) >= 11 is 0. The molecule has 1 amide bonds. The molecule has 1 N–H and O–H groups in total. The molecule has 0 saturated carbocycles. The summed E-state index contributed by atoms with van der Waals surface area (Å²) in [6, 6.07) is 11.6. The molecular formula is C19H14FN5O. The molecule has 1 aromatic carbocycles. The van der Waals surface area contributed by atoms with Gasteiger partial charge in [-0.2, -0.15) is 0 Å². The Hall–Kier alpha value is -3.61. The SMILES string of the molecule is Cc1nc(-c2ccccn2)ncc1C(=O)Nn1ccc2cc(F)ccc21. The van der Waals surface area contributed by atoms with Gasteiger partial charge in [0.25, 0.3) is 5.91 Å². The monoisotopic (exact) mass is 347 g/mol. The van der Waals surface area contributed by atoms with E-state index >= 15 is 0 Å². The lowest BCUT2D eigenvalue weighted by atomic mass is 10.2. The molecule has 0 fully saturated rings. The van der Waals surface area contributed by atoms with E-state index in [0.29, 0.717) is 33.7 Å². The summed E-state index contributed by atoms with van der Waals surface area (Å²) in [5.41, 5.74) is 5.00. The highest BCUT2D eigenvalue weighted by Gasteiger charge is 2.14. The molecule has 0 atom stereocenters. The van der Waals surface area contributed by atoms with Crippen LogP contribution in [0.5, 0.6) is 0 Å². The Morgan fingerprint density at radius 2 is 2.04 bits per heavy atom. The van der Waals surface area contributed by atoms with Crippen molar-refractivity contribution >= 4 is 16.8 Å². The first-order valence-corrected chi connectivity index (χ1v) is 7.95. The Labute approximate surface area is 148 Å². The zero-order valence-electron chi connectivity index (χ0n) is 13.8. The number of amides is 1. The standard InChI is InChI=1S/C19H14FN5O/c1-12-15(11-22-18(23-12)16-4-2-3-8-21-16)19(26)24-25-9-7-13-10-14(20)5-6-17(13)25/h2-11H,1H3,(H,24,26). The van der Waals surface area contributed by atoms with Crippen LogP contribution in [0.1, 0.15) is 16.1 Å². The number of nitrogens with zero attached hydrogens (tertiary/aromatic N) is 4. The number of hydrogen-bond acceptors (Lipinski definition) is 4. The van der Waals surface area contributed by atoms with Gasteiger partial charge in [0.05, 0.1) is 16.8 Å². The summed E-state index contributed by atoms with van der Waals surface area (Å²) in [5, 5.41) is 0.698. The Morgan fingerprint density at radius 1 is 1.15 bits per heavy atom. The second-order valence-corrected chi connectivity index (χ2v) is 5.74. The highest BCUT2D eigenvalue weighted by atomic mass is 19.1. The molecule has 0 radical (unpaired) electrons. The lowest BCUT2D eigenvalue weighted by Gasteiger charge is -2.10. The van der Waals surface area contributed by atoms with E-state index in [9.17, 15) is 9.18 Å². The van der Waals surface area contributed by atoms with Crippen molar-refractivity contribution in [3.63, 3.8) is 0 Å². The molecule has 7 heteroatoms. The van der Waals surface area contributed by atoms with E-state index in [-0.39, 0.29) is 11.7 Å². The maximum atomic E-state index is 13.3. The summed E-state index contributed by atoms with van der Waals surface area (Å²) in [4.78, 5) is 25.4. The number of rotatable bonds is 3. The summed E-state index contributed by atoms with van der Waals surface area (Å²) < 4.78 is 14.8. The van der Waals surface area contributed by atoms with Gasteiger partial charge in [-0.15, -0.1) is 0 Å². The van der Waals surface area contributed by atoms with Gasteiger partial charge in [0.2, 0.25) is 0 Å². The van der Waals surface area contributed by atoms with Gasteiger partial charge in [0, 0.05) is 24.0 Å². The number of hydrogen-bond donors (Lipinski definition) is 1. The van der Waals surface area contributed by atoms with Gasteiger partial charge in [-0.25, -0.2) is 14.4 Å². The first-order chi connectivity index (χ1) is 12.6. The highest BCUT2D eigenvalue weighted by Crippen LogP contribution is 2.17. The number of halogens is 1. The van der Waals surface area contributed by atoms with Crippen molar-refractivity contribution in [2.75, 3.05) is 5.43 Å². The van der Waals surface area contributed by atoms with Gasteiger partial charge in [0.1, 0.15) is 11.5 Å². The van der Waals surface area contributed by atoms with Crippen molar-refractivity contribution < 1.29 is 9.18 Å². The van der Waals surface area contributed by atoms with Crippen LogP contribution in [0.25, 0.3) is 22.4 Å². The number of aromatic nitrogens is 4. The molecule has 128 valence electrons. The molecule has 0 aliphatic carbocycles. The fraction of sp³-hybridized carbons (Fsp3) is 0.0526. The van der Waals surface area contributed by atoms with Crippen LogP contribution in [0.2, 0.25) is 0 Å². The smallest absolute Gasteiger partial charge is 0.267 e. The molecule has 0 saturated heterocycles. The summed E-state index contributed by atoms with van der Waals surface area (Å²) in [7, 11) is 0. The normalized spacial score (nSPS) is 10.8. The molecule has 0 aliphatic rings. The second kappa shape index (κ2) is 6.36. The third kappa shape index (κ3) is 2.90. The number of aryl methyl sites for hydroxylation is 1. The largest absolute Gasteiger partial charge is 0.273 e. The molecule has 6 nitrogen and oxygen atoms in total. The second-order valence-electron chi connectivity index (χ2n) is 5.74. The lowest BCUT2D eigenvalue weighted by Crippen LogP contribution is -2.23. The van der Waals surface area contributed by atoms with Gasteiger partial charge >= 0.3 is 0 Å². The van der Waals surface area contributed by atoms with E-state index in [4.69, 9.17) is 0 Å². The Bertz CT molecular complexity index is 1110. The number of carbonyl (C=O) groups is 1. The summed E-state index contributed by atoms with van der Waals surface area (Å²) in [6.07, 6.45) is 4.81. The third-order valence-electron chi connectivity index (χ3n) is 3.99. The average molecular weight is 347 g/mol. The first-order valence-electron chi connectivity index (χ1n) is 7.95. The van der Waals surface area contributed by atoms with Crippen LogP contribution in [-0.2, 0) is 0 Å². The molecule has 26 heavy (non-hydrogen) atoms. The van der Waals surface area contributed by atoms with Crippen molar-refractivity contribution in [1.82, 2.24) is 19.6 Å². The quantitative estimate of drug-likeness (QED) is 0.617. The van der Waals surface area contributed by atoms with Crippen LogP contribution in [0.4, 0.5) is 4.39 Å². The molecule has 4 aromatic rings. The molecule has 0 unspecified atom stereocenters. The van der Waals surface area contributed by atoms with E-state index in [1.54, 1.807) is 42.2 Å². The molecule has 0 bridgehead atoms. The molecule has 3 aromatic heterocycles. The number of pyridine rings is 1. The maximum Gasteiger partial charge on any atom is 0.273 e. The molecule has 0 aliphatic heterocycles. The van der Waals surface area contributed by atoms with Crippen molar-refractivity contribution in [3.8, 4) is 11.5 Å². The van der Waals surface area contributed by atoms with Crippen LogP contribution < -0.4 is 5.43 Å². The predicted molar refractivity (Wildman–Crippen MR) is 95.6 cm³/mol. The molecule has 4 rings (SSSR count). The van der Waals surface area contributed by atoms with E-state index in [1.807, 2.05) is 12.1 Å². The zero-order valence-corrected chi connectivity index (χ0v) is 13.8. The Kier molecular flexibility index (Phi) is 3.89. The Morgan fingerprint density at radius 3 is 2.81 bits per heavy atom. The van der Waals surface area contributed by atoms with Crippen molar-refractivity contribution in [1.29, 1.82) is 0 Å². The third-order valence-corrected chi connectivity index (χ3v) is 3.99. The van der Waals surface area contributed by atoms with Gasteiger partial charge in [-0.05, 0) is 43.3 Å². The number of nitrogens with one attached hydrogen (secondary N) is 1. The lowest BCUT2D eigenvalue weighted by molar-refractivity contribution is 0.101. The van der Waals surface area contributed by atoms with Crippen molar-refractivity contribution in [2.24, 2.45) is 0 Å². The minimum absolute atomic E-state index is 0.323. The summed E-state index contributed by atoms with van der Waals surface area (Å²) in [6.45, 7) is 1.74. The molecule has 0 spiro atoms. The summed E-state index contributed by atoms with van der Waals surface area (Å²) in [5.74, 6) is -0.214. The predicted octanol–water partition coefficient (Wildman–Crippen LogP) is 3.32. The Balaban J connectivity index is 1.62. The molecule has 3 heterocycles. The zero-order chi connectivity index (χ0) is 18.1.